The quantitative estimate of drug-likeness (QED) is 0.352. The van der Waals surface area contributed by atoms with Crippen molar-refractivity contribution in [3.8, 4) is 0 Å². The highest BCUT2D eigenvalue weighted by Crippen LogP contribution is 1.99. The maximum Gasteiger partial charge on any atom is 0.234 e. The first-order valence-electron chi connectivity index (χ1n) is 6.40. The second-order valence-electron chi connectivity index (χ2n) is 3.71. The number of hydrogen-bond donors (Lipinski definition) is 0. The van der Waals surface area contributed by atoms with Crippen molar-refractivity contribution >= 4 is 12.2 Å². The molecule has 0 aliphatic heterocycles. The molecule has 0 aromatic heterocycles. The van der Waals surface area contributed by atoms with Gasteiger partial charge in [-0.2, -0.15) is 0 Å². The number of rotatable bonds is 9. The molecule has 0 aromatic rings. The van der Waals surface area contributed by atoms with Gasteiger partial charge in [0.05, 0.1) is 13.1 Å². The monoisotopic (exact) mass is 240 g/mol. The summed E-state index contributed by atoms with van der Waals surface area (Å²) >= 11 is 0. The molecule has 4 heteroatoms. The summed E-state index contributed by atoms with van der Waals surface area (Å²) in [5, 5.41) is 0. The summed E-state index contributed by atoms with van der Waals surface area (Å²) in [4.78, 5) is 26.1. The van der Waals surface area contributed by atoms with Crippen LogP contribution < -0.4 is 0 Å². The van der Waals surface area contributed by atoms with E-state index in [0.29, 0.717) is 13.1 Å². The van der Waals surface area contributed by atoms with E-state index in [1.165, 1.54) is 31.4 Å². The number of nitrogens with zero attached hydrogens (tertiary/aromatic N) is 2. The van der Waals surface area contributed by atoms with Gasteiger partial charge in [0.1, 0.15) is 0 Å². The van der Waals surface area contributed by atoms with E-state index in [2.05, 4.69) is 23.8 Å². The Labute approximate surface area is 104 Å². The summed E-state index contributed by atoms with van der Waals surface area (Å²) in [6, 6.07) is 0. The van der Waals surface area contributed by atoms with Crippen LogP contribution >= 0.6 is 0 Å². The zero-order chi connectivity index (χ0) is 13.2. The topological polar surface area (TPSA) is 58.9 Å². The molecule has 0 spiro atoms. The predicted octanol–water partition coefficient (Wildman–Crippen LogP) is 3.41. The van der Waals surface area contributed by atoms with Crippen LogP contribution in [0.25, 0.3) is 0 Å². The molecule has 0 N–H and O–H groups in total. The minimum absolute atomic E-state index is 0.556. The number of isocyanates is 2. The van der Waals surface area contributed by atoms with E-state index in [1.807, 2.05) is 0 Å². The first-order valence-corrected chi connectivity index (χ1v) is 6.40. The summed E-state index contributed by atoms with van der Waals surface area (Å²) in [6.45, 7) is 5.54. The standard InChI is InChI=1S/C8H12N2O2.C5H12/c11-7-9-5-3-1-2-4-6-10-8-12;1-3-5-4-2/h1-6H2;3-5H2,1-2H3. The molecule has 0 heterocycles. The van der Waals surface area contributed by atoms with E-state index < -0.39 is 0 Å². The fraction of sp³-hybridized carbons (Fsp3) is 0.846. The Morgan fingerprint density at radius 2 is 1.12 bits per heavy atom. The van der Waals surface area contributed by atoms with E-state index in [1.54, 1.807) is 0 Å². The Kier molecular flexibility index (Phi) is 21.6. The second-order valence-corrected chi connectivity index (χ2v) is 3.71. The lowest BCUT2D eigenvalue weighted by molar-refractivity contribution is 0.558. The minimum atomic E-state index is 0.556. The third kappa shape index (κ3) is 25.2. The number of carbonyl (C=O) groups excluding carboxylic acids is 2. The Morgan fingerprint density at radius 1 is 0.706 bits per heavy atom. The van der Waals surface area contributed by atoms with Crippen molar-refractivity contribution in [3.05, 3.63) is 0 Å². The SMILES string of the molecule is CCCCC.O=C=NCCCCCCN=C=O. The summed E-state index contributed by atoms with van der Waals surface area (Å²) in [7, 11) is 0. The van der Waals surface area contributed by atoms with Gasteiger partial charge in [0.25, 0.3) is 0 Å². The molecule has 98 valence electrons. The molecule has 0 amide bonds. The van der Waals surface area contributed by atoms with E-state index in [9.17, 15) is 9.59 Å². The van der Waals surface area contributed by atoms with Gasteiger partial charge >= 0.3 is 0 Å². The summed E-state index contributed by atoms with van der Waals surface area (Å²) in [5.74, 6) is 0. The van der Waals surface area contributed by atoms with Crippen LogP contribution in [0.3, 0.4) is 0 Å². The molecule has 0 fully saturated rings. The molecule has 0 saturated carbocycles. The van der Waals surface area contributed by atoms with Crippen molar-refractivity contribution in [1.82, 2.24) is 0 Å². The largest absolute Gasteiger partial charge is 0.234 e. The van der Waals surface area contributed by atoms with Gasteiger partial charge < -0.3 is 0 Å². The van der Waals surface area contributed by atoms with Crippen LogP contribution in [-0.4, -0.2) is 25.2 Å². The average molecular weight is 240 g/mol. The normalized spacial score (nSPS) is 8.35. The van der Waals surface area contributed by atoms with Crippen molar-refractivity contribution in [2.45, 2.75) is 58.8 Å². The maximum atomic E-state index is 9.63. The van der Waals surface area contributed by atoms with Gasteiger partial charge in [0, 0.05) is 0 Å². The van der Waals surface area contributed by atoms with Crippen molar-refractivity contribution in [2.24, 2.45) is 9.98 Å². The van der Waals surface area contributed by atoms with E-state index in [4.69, 9.17) is 0 Å². The zero-order valence-corrected chi connectivity index (χ0v) is 11.1. The predicted molar refractivity (Wildman–Crippen MR) is 69.6 cm³/mol. The van der Waals surface area contributed by atoms with E-state index in [-0.39, 0.29) is 0 Å². The number of aliphatic imine (C=N–C) groups is 2. The van der Waals surface area contributed by atoms with Gasteiger partial charge in [-0.3, -0.25) is 0 Å². The highest BCUT2D eigenvalue weighted by atomic mass is 16.1. The molecule has 0 rings (SSSR count). The highest BCUT2D eigenvalue weighted by molar-refractivity contribution is 5.32. The second kappa shape index (κ2) is 20.2. The fourth-order valence-electron chi connectivity index (χ4n) is 1.18. The molecule has 4 nitrogen and oxygen atoms in total. The third-order valence-electron chi connectivity index (χ3n) is 2.13. The molecule has 0 unspecified atom stereocenters. The molecule has 0 bridgehead atoms. The van der Waals surface area contributed by atoms with Gasteiger partial charge in [-0.05, 0) is 12.8 Å². The lowest BCUT2D eigenvalue weighted by atomic mass is 10.2. The highest BCUT2D eigenvalue weighted by Gasteiger charge is 1.87. The van der Waals surface area contributed by atoms with Gasteiger partial charge in [-0.15, -0.1) is 0 Å². The number of unbranched alkanes of at least 4 members (excludes halogenated alkanes) is 5. The van der Waals surface area contributed by atoms with Crippen LogP contribution in [0.2, 0.25) is 0 Å². The molecule has 17 heavy (non-hydrogen) atoms. The lowest BCUT2D eigenvalue weighted by Gasteiger charge is -1.93. The van der Waals surface area contributed by atoms with Crippen molar-refractivity contribution in [2.75, 3.05) is 13.1 Å². The summed E-state index contributed by atoms with van der Waals surface area (Å²) < 4.78 is 0. The van der Waals surface area contributed by atoms with Crippen LogP contribution in [-0.2, 0) is 9.59 Å². The van der Waals surface area contributed by atoms with Crippen LogP contribution in [0.1, 0.15) is 58.8 Å². The van der Waals surface area contributed by atoms with Gasteiger partial charge in [-0.25, -0.2) is 19.6 Å². The molecular weight excluding hydrogens is 216 g/mol. The maximum absolute atomic E-state index is 9.63. The third-order valence-corrected chi connectivity index (χ3v) is 2.13. The Hall–Kier alpha value is -1.24. The van der Waals surface area contributed by atoms with E-state index >= 15 is 0 Å². The van der Waals surface area contributed by atoms with Crippen LogP contribution in [0.15, 0.2) is 9.98 Å². The van der Waals surface area contributed by atoms with Crippen LogP contribution in [0.4, 0.5) is 0 Å². The first-order chi connectivity index (χ1) is 8.33. The Bertz CT molecular complexity index is 206. The average Bonchev–Trinajstić information content (AvgIpc) is 2.34. The molecule has 0 aliphatic rings. The Morgan fingerprint density at radius 3 is 1.35 bits per heavy atom. The molecular formula is C13H24N2O2. The van der Waals surface area contributed by atoms with Gasteiger partial charge in [0.2, 0.25) is 12.2 Å². The Balaban J connectivity index is 0. The van der Waals surface area contributed by atoms with E-state index in [0.717, 1.165) is 25.7 Å². The first kappa shape index (κ1) is 18.1. The minimum Gasteiger partial charge on any atom is -0.211 e. The van der Waals surface area contributed by atoms with Crippen molar-refractivity contribution in [1.29, 1.82) is 0 Å². The van der Waals surface area contributed by atoms with Crippen molar-refractivity contribution in [3.63, 3.8) is 0 Å². The molecule has 0 saturated heterocycles. The smallest absolute Gasteiger partial charge is 0.211 e. The molecule has 0 atom stereocenters. The van der Waals surface area contributed by atoms with Crippen LogP contribution in [0, 0.1) is 0 Å². The van der Waals surface area contributed by atoms with Gasteiger partial charge in [0.15, 0.2) is 0 Å². The van der Waals surface area contributed by atoms with Gasteiger partial charge in [-0.1, -0.05) is 46.0 Å². The summed E-state index contributed by atoms with van der Waals surface area (Å²) in [6.07, 6.45) is 10.9. The molecule has 0 aromatic carbocycles. The molecule has 0 radical (unpaired) electrons. The fourth-order valence-corrected chi connectivity index (χ4v) is 1.18. The van der Waals surface area contributed by atoms with Crippen molar-refractivity contribution < 1.29 is 9.59 Å². The number of hydrogen-bond acceptors (Lipinski definition) is 4. The zero-order valence-electron chi connectivity index (χ0n) is 11.1. The summed E-state index contributed by atoms with van der Waals surface area (Å²) in [5.41, 5.74) is 0. The van der Waals surface area contributed by atoms with Crippen LogP contribution in [0.5, 0.6) is 0 Å². The lowest BCUT2D eigenvalue weighted by Crippen LogP contribution is -1.84. The molecule has 0 aliphatic carbocycles.